The predicted octanol–water partition coefficient (Wildman–Crippen LogP) is 4.18. The first-order valence-corrected chi connectivity index (χ1v) is 7.99. The van der Waals surface area contributed by atoms with Crippen molar-refractivity contribution in [3.05, 3.63) is 56.4 Å². The van der Waals surface area contributed by atoms with Crippen molar-refractivity contribution in [3.8, 4) is 0 Å². The summed E-state index contributed by atoms with van der Waals surface area (Å²) in [5.74, 6) is 0.938. The Morgan fingerprint density at radius 2 is 2.06 bits per heavy atom. The van der Waals surface area contributed by atoms with Crippen LogP contribution in [0.2, 0.25) is 0 Å². The van der Waals surface area contributed by atoms with Gasteiger partial charge in [0, 0.05) is 0 Å². The average Bonchev–Trinajstić information content (AvgIpc) is 2.37. The van der Waals surface area contributed by atoms with Gasteiger partial charge in [-0.05, 0) is 36.8 Å². The number of hydrogen-bond donors (Lipinski definition) is 0. The first kappa shape index (κ1) is 15.1. The minimum absolute atomic E-state index is 0.386. The Morgan fingerprint density at radius 3 is 2.67 bits per heavy atom. The molecule has 0 N–H and O–H groups in total. The SMILES string of the molecule is CS/C(=C/[N+](=O)[O-])SCCCCc1ccccc1. The second-order valence-electron chi connectivity index (χ2n) is 3.73. The second-order valence-corrected chi connectivity index (χ2v) is 5.97. The van der Waals surface area contributed by atoms with Gasteiger partial charge in [-0.1, -0.05) is 30.3 Å². The molecule has 0 radical (unpaired) electrons. The number of rotatable bonds is 8. The lowest BCUT2D eigenvalue weighted by molar-refractivity contribution is -0.402. The van der Waals surface area contributed by atoms with E-state index in [1.54, 1.807) is 11.8 Å². The van der Waals surface area contributed by atoms with Gasteiger partial charge in [-0.15, -0.1) is 23.5 Å². The second kappa shape index (κ2) is 9.05. The van der Waals surface area contributed by atoms with Crippen molar-refractivity contribution in [1.82, 2.24) is 0 Å². The van der Waals surface area contributed by atoms with E-state index >= 15 is 0 Å². The van der Waals surface area contributed by atoms with Crippen molar-refractivity contribution in [3.63, 3.8) is 0 Å². The molecule has 98 valence electrons. The van der Waals surface area contributed by atoms with E-state index in [2.05, 4.69) is 24.3 Å². The molecule has 0 aromatic heterocycles. The Labute approximate surface area is 116 Å². The van der Waals surface area contributed by atoms with Gasteiger partial charge in [0.25, 0.3) is 6.20 Å². The van der Waals surface area contributed by atoms with Gasteiger partial charge >= 0.3 is 0 Å². The normalized spacial score (nSPS) is 11.5. The fourth-order valence-electron chi connectivity index (χ4n) is 1.48. The molecule has 0 spiro atoms. The van der Waals surface area contributed by atoms with Crippen LogP contribution in [0.1, 0.15) is 18.4 Å². The Kier molecular flexibility index (Phi) is 7.60. The topological polar surface area (TPSA) is 43.1 Å². The van der Waals surface area contributed by atoms with Gasteiger partial charge in [0.05, 0.1) is 4.92 Å². The Morgan fingerprint density at radius 1 is 1.33 bits per heavy atom. The van der Waals surface area contributed by atoms with Crippen molar-refractivity contribution >= 4 is 23.5 Å². The lowest BCUT2D eigenvalue weighted by Gasteiger charge is -2.02. The minimum atomic E-state index is -0.386. The van der Waals surface area contributed by atoms with Crippen LogP contribution in [-0.4, -0.2) is 16.9 Å². The molecular weight excluding hydrogens is 266 g/mol. The third-order valence-corrected chi connectivity index (χ3v) is 4.60. The molecule has 3 nitrogen and oxygen atoms in total. The van der Waals surface area contributed by atoms with Crippen molar-refractivity contribution in [2.45, 2.75) is 19.3 Å². The zero-order valence-electron chi connectivity index (χ0n) is 10.4. The van der Waals surface area contributed by atoms with E-state index in [-0.39, 0.29) is 4.92 Å². The van der Waals surface area contributed by atoms with Crippen molar-refractivity contribution in [2.24, 2.45) is 0 Å². The molecule has 0 aliphatic carbocycles. The summed E-state index contributed by atoms with van der Waals surface area (Å²) in [6, 6.07) is 10.4. The highest BCUT2D eigenvalue weighted by molar-refractivity contribution is 8.21. The van der Waals surface area contributed by atoms with Crippen molar-refractivity contribution in [1.29, 1.82) is 0 Å². The smallest absolute Gasteiger partial charge is 0.254 e. The van der Waals surface area contributed by atoms with Crippen LogP contribution in [0.25, 0.3) is 0 Å². The molecule has 5 heteroatoms. The highest BCUT2D eigenvalue weighted by Gasteiger charge is 2.02. The summed E-state index contributed by atoms with van der Waals surface area (Å²) >= 11 is 3.00. The molecule has 0 fully saturated rings. The summed E-state index contributed by atoms with van der Waals surface area (Å²) in [4.78, 5) is 9.96. The molecule has 0 bridgehead atoms. The number of nitro groups is 1. The number of benzene rings is 1. The summed E-state index contributed by atoms with van der Waals surface area (Å²) < 4.78 is 0.778. The third-order valence-electron chi connectivity index (χ3n) is 2.36. The largest absolute Gasteiger partial charge is 0.259 e. The molecule has 0 aliphatic heterocycles. The highest BCUT2D eigenvalue weighted by atomic mass is 32.2. The minimum Gasteiger partial charge on any atom is -0.259 e. The summed E-state index contributed by atoms with van der Waals surface area (Å²) in [6.07, 6.45) is 6.24. The molecule has 1 aromatic rings. The molecule has 0 heterocycles. The monoisotopic (exact) mass is 283 g/mol. The molecule has 0 saturated heterocycles. The fraction of sp³-hybridized carbons (Fsp3) is 0.385. The molecule has 18 heavy (non-hydrogen) atoms. The first-order chi connectivity index (χ1) is 8.72. The van der Waals surface area contributed by atoms with Crippen LogP contribution in [0, 0.1) is 10.1 Å². The molecule has 1 aromatic carbocycles. The summed E-state index contributed by atoms with van der Waals surface area (Å²) in [7, 11) is 0. The van der Waals surface area contributed by atoms with Crippen LogP contribution in [0.4, 0.5) is 0 Å². The molecule has 0 unspecified atom stereocenters. The average molecular weight is 283 g/mol. The summed E-state index contributed by atoms with van der Waals surface area (Å²) in [5, 5.41) is 10.3. The number of aryl methyl sites for hydroxylation is 1. The van der Waals surface area contributed by atoms with E-state index in [1.165, 1.54) is 17.3 Å². The molecule has 0 saturated carbocycles. The van der Waals surface area contributed by atoms with Gasteiger partial charge in [0.15, 0.2) is 0 Å². The number of unbranched alkanes of at least 4 members (excludes halogenated alkanes) is 1. The van der Waals surface area contributed by atoms with Gasteiger partial charge in [-0.2, -0.15) is 0 Å². The standard InChI is InChI=1S/C13H17NO2S2/c1-17-13(11-14(15)16)18-10-6-5-9-12-7-3-2-4-8-12/h2-4,7-8,11H,5-6,9-10H2,1H3/b13-11-. The summed E-state index contributed by atoms with van der Waals surface area (Å²) in [6.45, 7) is 0. The van der Waals surface area contributed by atoms with Crippen molar-refractivity contribution in [2.75, 3.05) is 12.0 Å². The lowest BCUT2D eigenvalue weighted by atomic mass is 10.1. The van der Waals surface area contributed by atoms with E-state index in [9.17, 15) is 10.1 Å². The van der Waals surface area contributed by atoms with Crippen LogP contribution in [0.15, 0.2) is 40.8 Å². The van der Waals surface area contributed by atoms with E-state index in [4.69, 9.17) is 0 Å². The van der Waals surface area contributed by atoms with Crippen LogP contribution >= 0.6 is 23.5 Å². The number of thioether (sulfide) groups is 2. The van der Waals surface area contributed by atoms with E-state index in [0.717, 1.165) is 35.5 Å². The molecule has 0 aliphatic rings. The zero-order valence-corrected chi connectivity index (χ0v) is 12.0. The van der Waals surface area contributed by atoms with Crippen LogP contribution in [-0.2, 0) is 6.42 Å². The Balaban J connectivity index is 2.17. The van der Waals surface area contributed by atoms with E-state index in [1.807, 2.05) is 12.3 Å². The Bertz CT molecular complexity index is 393. The fourth-order valence-corrected chi connectivity index (χ4v) is 3.11. The van der Waals surface area contributed by atoms with Crippen LogP contribution in [0.5, 0.6) is 0 Å². The highest BCUT2D eigenvalue weighted by Crippen LogP contribution is 2.27. The van der Waals surface area contributed by atoms with Crippen molar-refractivity contribution < 1.29 is 4.92 Å². The van der Waals surface area contributed by atoms with Crippen LogP contribution in [0.3, 0.4) is 0 Å². The predicted molar refractivity (Wildman–Crippen MR) is 80.4 cm³/mol. The van der Waals surface area contributed by atoms with Crippen LogP contribution < -0.4 is 0 Å². The zero-order chi connectivity index (χ0) is 13.2. The van der Waals surface area contributed by atoms with Gasteiger partial charge < -0.3 is 0 Å². The maximum Gasteiger partial charge on any atom is 0.254 e. The maximum atomic E-state index is 10.3. The lowest BCUT2D eigenvalue weighted by Crippen LogP contribution is -1.89. The van der Waals surface area contributed by atoms with E-state index < -0.39 is 0 Å². The molecular formula is C13H17NO2S2. The first-order valence-electron chi connectivity index (χ1n) is 5.78. The molecule has 0 amide bonds. The van der Waals surface area contributed by atoms with E-state index in [0.29, 0.717) is 0 Å². The molecule has 0 atom stereocenters. The quantitative estimate of drug-likeness (QED) is 0.408. The van der Waals surface area contributed by atoms with Gasteiger partial charge in [0.2, 0.25) is 0 Å². The Hall–Kier alpha value is -0.940. The molecule has 1 rings (SSSR count). The third kappa shape index (κ3) is 6.71. The van der Waals surface area contributed by atoms with Gasteiger partial charge in [-0.3, -0.25) is 10.1 Å². The summed E-state index contributed by atoms with van der Waals surface area (Å²) in [5.41, 5.74) is 1.36. The van der Waals surface area contributed by atoms with Gasteiger partial charge in [-0.25, -0.2) is 0 Å². The number of hydrogen-bond acceptors (Lipinski definition) is 4. The van der Waals surface area contributed by atoms with Gasteiger partial charge in [0.1, 0.15) is 4.24 Å². The maximum absolute atomic E-state index is 10.3. The number of nitrogens with zero attached hydrogens (tertiary/aromatic N) is 1.